The molecule has 0 amide bonds. The third kappa shape index (κ3) is 4.00. The molecule has 1 aromatic carbocycles. The molecule has 1 N–H and O–H groups in total. The molecule has 0 heterocycles. The minimum absolute atomic E-state index is 0.0623. The molecule has 4 nitrogen and oxygen atoms in total. The molecule has 0 unspecified atom stereocenters. The number of aryl methyl sites for hydroxylation is 1. The number of aliphatic hydroxyl groups is 1. The van der Waals surface area contributed by atoms with Crippen LogP contribution in [0.4, 0.5) is 8.78 Å². The van der Waals surface area contributed by atoms with Gasteiger partial charge in [0.25, 0.3) is 6.43 Å². The molecule has 0 aliphatic carbocycles. The van der Waals surface area contributed by atoms with Crippen LogP contribution in [-0.2, 0) is 10.0 Å². The van der Waals surface area contributed by atoms with Gasteiger partial charge < -0.3 is 5.11 Å². The van der Waals surface area contributed by atoms with Gasteiger partial charge in [-0.15, -0.1) is 0 Å². The molecule has 20 heavy (non-hydrogen) atoms. The summed E-state index contributed by atoms with van der Waals surface area (Å²) in [5.74, 6) is 5.13. The van der Waals surface area contributed by atoms with Crippen LogP contribution in [0, 0.1) is 18.8 Å². The van der Waals surface area contributed by atoms with Gasteiger partial charge in [0.1, 0.15) is 6.61 Å². The van der Waals surface area contributed by atoms with Crippen molar-refractivity contribution in [2.24, 2.45) is 0 Å². The molecule has 7 heteroatoms. The zero-order valence-electron chi connectivity index (χ0n) is 11.1. The highest BCUT2D eigenvalue weighted by Crippen LogP contribution is 2.18. The van der Waals surface area contributed by atoms with Gasteiger partial charge in [-0.3, -0.25) is 0 Å². The van der Waals surface area contributed by atoms with E-state index in [1.807, 2.05) is 0 Å². The zero-order chi connectivity index (χ0) is 15.3. The highest BCUT2D eigenvalue weighted by atomic mass is 32.2. The number of hydrogen-bond acceptors (Lipinski definition) is 3. The predicted octanol–water partition coefficient (Wildman–Crippen LogP) is 1.22. The molecular weight excluding hydrogens is 288 g/mol. The Labute approximate surface area is 117 Å². The van der Waals surface area contributed by atoms with Crippen molar-refractivity contribution in [3.05, 3.63) is 29.3 Å². The van der Waals surface area contributed by atoms with Crippen LogP contribution in [0.15, 0.2) is 23.1 Å². The third-order valence-corrected chi connectivity index (χ3v) is 4.42. The Hall–Kier alpha value is -1.49. The summed E-state index contributed by atoms with van der Waals surface area (Å²) in [6.45, 7) is 0.511. The predicted molar refractivity (Wildman–Crippen MR) is 71.0 cm³/mol. The van der Waals surface area contributed by atoms with Crippen LogP contribution in [0.3, 0.4) is 0 Å². The topological polar surface area (TPSA) is 57.6 Å². The largest absolute Gasteiger partial charge is 0.384 e. The molecule has 1 aromatic rings. The van der Waals surface area contributed by atoms with Crippen LogP contribution in [0.5, 0.6) is 0 Å². The second-order valence-electron chi connectivity index (χ2n) is 4.11. The Kier molecular flexibility index (Phi) is 5.62. The quantitative estimate of drug-likeness (QED) is 0.851. The van der Waals surface area contributed by atoms with Crippen molar-refractivity contribution < 1.29 is 22.3 Å². The van der Waals surface area contributed by atoms with Crippen molar-refractivity contribution in [2.45, 2.75) is 18.2 Å². The second kappa shape index (κ2) is 6.79. The van der Waals surface area contributed by atoms with E-state index >= 15 is 0 Å². The number of halogens is 2. The van der Waals surface area contributed by atoms with Crippen molar-refractivity contribution in [1.82, 2.24) is 4.31 Å². The van der Waals surface area contributed by atoms with E-state index in [-0.39, 0.29) is 11.5 Å². The maximum Gasteiger partial charge on any atom is 0.252 e. The smallest absolute Gasteiger partial charge is 0.252 e. The molecule has 0 bridgehead atoms. The molecule has 0 spiro atoms. The Bertz CT molecular complexity index is 633. The molecule has 0 saturated heterocycles. The average molecular weight is 303 g/mol. The van der Waals surface area contributed by atoms with Gasteiger partial charge in [0, 0.05) is 12.6 Å². The molecule has 0 aromatic heterocycles. The monoisotopic (exact) mass is 303 g/mol. The molecule has 0 atom stereocenters. The van der Waals surface area contributed by atoms with E-state index in [4.69, 9.17) is 5.11 Å². The lowest BCUT2D eigenvalue weighted by Crippen LogP contribution is -2.31. The van der Waals surface area contributed by atoms with E-state index in [1.54, 1.807) is 6.92 Å². The minimum Gasteiger partial charge on any atom is -0.384 e. The van der Waals surface area contributed by atoms with Crippen molar-refractivity contribution in [3.63, 3.8) is 0 Å². The highest BCUT2D eigenvalue weighted by molar-refractivity contribution is 7.89. The van der Waals surface area contributed by atoms with Gasteiger partial charge in [-0.05, 0) is 30.7 Å². The van der Waals surface area contributed by atoms with Gasteiger partial charge in [-0.25, -0.2) is 17.2 Å². The van der Waals surface area contributed by atoms with Gasteiger partial charge in [0.15, 0.2) is 0 Å². The number of rotatable bonds is 4. The molecule has 0 radical (unpaired) electrons. The van der Waals surface area contributed by atoms with Crippen molar-refractivity contribution in [2.75, 3.05) is 20.2 Å². The molecule has 0 aliphatic heterocycles. The summed E-state index contributed by atoms with van der Waals surface area (Å²) in [7, 11) is -2.83. The lowest BCUT2D eigenvalue weighted by atomic mass is 10.1. The summed E-state index contributed by atoms with van der Waals surface area (Å²) >= 11 is 0. The van der Waals surface area contributed by atoms with Gasteiger partial charge >= 0.3 is 0 Å². The fraction of sp³-hybridized carbons (Fsp3) is 0.385. The van der Waals surface area contributed by atoms with Gasteiger partial charge in [0.05, 0.1) is 11.4 Å². The first kappa shape index (κ1) is 16.6. The summed E-state index contributed by atoms with van der Waals surface area (Å²) in [5.41, 5.74) is 1.17. The van der Waals surface area contributed by atoms with Gasteiger partial charge in [-0.2, -0.15) is 4.31 Å². The number of benzene rings is 1. The fourth-order valence-electron chi connectivity index (χ4n) is 1.54. The van der Waals surface area contributed by atoms with E-state index in [9.17, 15) is 17.2 Å². The maximum absolute atomic E-state index is 12.3. The first-order valence-corrected chi connectivity index (χ1v) is 7.18. The van der Waals surface area contributed by atoms with Crippen LogP contribution >= 0.6 is 0 Å². The van der Waals surface area contributed by atoms with Gasteiger partial charge in [-0.1, -0.05) is 11.8 Å². The van der Waals surface area contributed by atoms with E-state index in [2.05, 4.69) is 11.8 Å². The Morgan fingerprint density at radius 3 is 2.55 bits per heavy atom. The summed E-state index contributed by atoms with van der Waals surface area (Å²) in [6, 6.07) is 4.17. The lowest BCUT2D eigenvalue weighted by Gasteiger charge is -2.17. The van der Waals surface area contributed by atoms with Crippen molar-refractivity contribution >= 4 is 10.0 Å². The third-order valence-electron chi connectivity index (χ3n) is 2.60. The number of sulfonamides is 1. The normalized spacial score (nSPS) is 11.6. The maximum atomic E-state index is 12.3. The second-order valence-corrected chi connectivity index (χ2v) is 6.16. The molecule has 110 valence electrons. The molecular formula is C13H15F2NO3S. The van der Waals surface area contributed by atoms with E-state index in [0.717, 1.165) is 7.05 Å². The number of hydrogen-bond donors (Lipinski definition) is 1. The van der Waals surface area contributed by atoms with Crippen molar-refractivity contribution in [3.8, 4) is 11.8 Å². The number of aliphatic hydroxyl groups excluding tert-OH is 1. The summed E-state index contributed by atoms with van der Waals surface area (Å²) < 4.78 is 49.3. The van der Waals surface area contributed by atoms with E-state index < -0.39 is 23.0 Å². The SMILES string of the molecule is Cc1cc(S(=O)(=O)N(C)CC(F)F)ccc1C#CCO. The number of alkyl halides is 2. The fourth-order valence-corrected chi connectivity index (χ4v) is 2.78. The van der Waals surface area contributed by atoms with Gasteiger partial charge in [0.2, 0.25) is 10.0 Å². The van der Waals surface area contributed by atoms with Crippen LogP contribution in [-0.4, -0.2) is 44.5 Å². The standard InChI is InChI=1S/C13H15F2NO3S/c1-10-8-12(6-5-11(10)4-3-7-17)20(18,19)16(2)9-13(14)15/h5-6,8,13,17H,7,9H2,1-2H3. The average Bonchev–Trinajstić information content (AvgIpc) is 2.36. The molecule has 0 aliphatic rings. The summed E-state index contributed by atoms with van der Waals surface area (Å²) in [5, 5.41) is 8.61. The van der Waals surface area contributed by atoms with E-state index in [0.29, 0.717) is 15.4 Å². The molecule has 0 saturated carbocycles. The summed E-state index contributed by atoms with van der Waals surface area (Å²) in [4.78, 5) is -0.0623. The molecule has 1 rings (SSSR count). The highest BCUT2D eigenvalue weighted by Gasteiger charge is 2.23. The summed E-state index contributed by atoms with van der Waals surface area (Å²) in [6.07, 6.45) is -2.73. The van der Waals surface area contributed by atoms with Crippen molar-refractivity contribution in [1.29, 1.82) is 0 Å². The number of nitrogens with zero attached hydrogens (tertiary/aromatic N) is 1. The van der Waals surface area contributed by atoms with Crippen LogP contribution in [0.2, 0.25) is 0 Å². The zero-order valence-corrected chi connectivity index (χ0v) is 11.9. The lowest BCUT2D eigenvalue weighted by molar-refractivity contribution is 0.126. The van der Waals surface area contributed by atoms with Crippen LogP contribution < -0.4 is 0 Å². The van der Waals surface area contributed by atoms with Crippen LogP contribution in [0.25, 0.3) is 0 Å². The Balaban J connectivity index is 3.12. The Morgan fingerprint density at radius 1 is 1.40 bits per heavy atom. The first-order chi connectivity index (χ1) is 9.28. The first-order valence-electron chi connectivity index (χ1n) is 5.74. The van der Waals surface area contributed by atoms with Crippen LogP contribution in [0.1, 0.15) is 11.1 Å². The Morgan fingerprint density at radius 2 is 2.05 bits per heavy atom. The minimum atomic E-state index is -3.94. The van der Waals surface area contributed by atoms with E-state index in [1.165, 1.54) is 18.2 Å². The molecule has 0 fully saturated rings.